The fourth-order valence-electron chi connectivity index (χ4n) is 3.90. The van der Waals surface area contributed by atoms with E-state index in [9.17, 15) is 4.79 Å². The molecule has 3 heterocycles. The van der Waals surface area contributed by atoms with Crippen LogP contribution in [-0.4, -0.2) is 47.8 Å². The number of aromatic amines is 1. The Morgan fingerprint density at radius 2 is 2.32 bits per heavy atom. The normalized spacial score (nSPS) is 22.8. The average molecular weight is 341 g/mol. The number of hydrogen-bond acceptors (Lipinski definition) is 4. The maximum atomic E-state index is 13.0. The lowest BCUT2D eigenvalue weighted by Gasteiger charge is -2.36. The minimum absolute atomic E-state index is 0.125. The highest BCUT2D eigenvalue weighted by atomic mass is 16.5. The summed E-state index contributed by atoms with van der Waals surface area (Å²) >= 11 is 0. The monoisotopic (exact) mass is 341 g/mol. The Bertz CT molecular complexity index is 744. The molecule has 0 saturated carbocycles. The van der Waals surface area contributed by atoms with Crippen LogP contribution in [0.4, 0.5) is 0 Å². The number of carbonyl (C=O) groups excluding carboxylic acids is 1. The summed E-state index contributed by atoms with van der Waals surface area (Å²) in [5.74, 6) is 1.93. The van der Waals surface area contributed by atoms with E-state index in [0.29, 0.717) is 18.9 Å². The van der Waals surface area contributed by atoms with Gasteiger partial charge in [-0.3, -0.25) is 9.89 Å². The van der Waals surface area contributed by atoms with E-state index in [0.717, 1.165) is 48.7 Å². The maximum Gasteiger partial charge on any atom is 0.229 e. The number of para-hydroxylation sites is 1. The van der Waals surface area contributed by atoms with Gasteiger partial charge < -0.3 is 14.4 Å². The Balaban J connectivity index is 1.46. The second-order valence-corrected chi connectivity index (χ2v) is 6.80. The zero-order valence-corrected chi connectivity index (χ0v) is 14.4. The van der Waals surface area contributed by atoms with Gasteiger partial charge in [-0.05, 0) is 37.0 Å². The van der Waals surface area contributed by atoms with E-state index >= 15 is 0 Å². The molecule has 6 nitrogen and oxygen atoms in total. The molecule has 1 amide bonds. The molecule has 1 fully saturated rings. The van der Waals surface area contributed by atoms with E-state index in [1.54, 1.807) is 13.3 Å². The molecular formula is C19H23N3O3. The van der Waals surface area contributed by atoms with Gasteiger partial charge in [0.15, 0.2) is 11.5 Å². The number of aromatic nitrogens is 2. The Morgan fingerprint density at radius 1 is 1.40 bits per heavy atom. The SMILES string of the molecule is COc1cccc2c1OC[C@H](C(=O)N1CCC[C@H](c3ccn[nH]3)C1)C2. The van der Waals surface area contributed by atoms with Crippen LogP contribution in [-0.2, 0) is 11.2 Å². The summed E-state index contributed by atoms with van der Waals surface area (Å²) in [6, 6.07) is 7.86. The summed E-state index contributed by atoms with van der Waals surface area (Å²) in [4.78, 5) is 15.0. The first kappa shape index (κ1) is 16.0. The zero-order valence-electron chi connectivity index (χ0n) is 14.4. The lowest BCUT2D eigenvalue weighted by molar-refractivity contribution is -0.138. The number of ether oxygens (including phenoxy) is 2. The number of rotatable bonds is 3. The molecule has 2 atom stereocenters. The van der Waals surface area contributed by atoms with Crippen molar-refractivity contribution in [2.24, 2.45) is 5.92 Å². The molecular weight excluding hydrogens is 318 g/mol. The molecule has 0 spiro atoms. The van der Waals surface area contributed by atoms with Crippen LogP contribution in [0.1, 0.15) is 30.0 Å². The molecule has 25 heavy (non-hydrogen) atoms. The third-order valence-corrected chi connectivity index (χ3v) is 5.22. The van der Waals surface area contributed by atoms with E-state index in [1.165, 1.54) is 0 Å². The molecule has 1 aromatic heterocycles. The van der Waals surface area contributed by atoms with Gasteiger partial charge >= 0.3 is 0 Å². The molecule has 1 aromatic carbocycles. The number of amides is 1. The van der Waals surface area contributed by atoms with Crippen LogP contribution < -0.4 is 9.47 Å². The van der Waals surface area contributed by atoms with Gasteiger partial charge in [0, 0.05) is 30.9 Å². The van der Waals surface area contributed by atoms with Crippen LogP contribution in [0.5, 0.6) is 11.5 Å². The summed E-state index contributed by atoms with van der Waals surface area (Å²) in [5, 5.41) is 7.08. The molecule has 4 rings (SSSR count). The molecule has 0 aliphatic carbocycles. The van der Waals surface area contributed by atoms with Gasteiger partial charge in [-0.25, -0.2) is 0 Å². The summed E-state index contributed by atoms with van der Waals surface area (Å²) in [5.41, 5.74) is 2.17. The largest absolute Gasteiger partial charge is 0.493 e. The van der Waals surface area contributed by atoms with Crippen LogP contribution >= 0.6 is 0 Å². The van der Waals surface area contributed by atoms with Crippen LogP contribution in [0, 0.1) is 5.92 Å². The molecule has 2 aliphatic rings. The van der Waals surface area contributed by atoms with E-state index < -0.39 is 0 Å². The Kier molecular flexibility index (Phi) is 4.34. The van der Waals surface area contributed by atoms with Crippen molar-refractivity contribution in [3.63, 3.8) is 0 Å². The smallest absolute Gasteiger partial charge is 0.229 e. The first-order valence-electron chi connectivity index (χ1n) is 8.83. The lowest BCUT2D eigenvalue weighted by atomic mass is 9.91. The molecule has 132 valence electrons. The number of fused-ring (bicyclic) bond motifs is 1. The fourth-order valence-corrected chi connectivity index (χ4v) is 3.90. The molecule has 1 saturated heterocycles. The quantitative estimate of drug-likeness (QED) is 0.931. The molecule has 0 radical (unpaired) electrons. The highest BCUT2D eigenvalue weighted by molar-refractivity contribution is 5.80. The Hall–Kier alpha value is -2.50. The van der Waals surface area contributed by atoms with Gasteiger partial charge in [-0.1, -0.05) is 12.1 Å². The van der Waals surface area contributed by atoms with E-state index in [1.807, 2.05) is 29.2 Å². The van der Waals surface area contributed by atoms with Gasteiger partial charge in [0.25, 0.3) is 0 Å². The standard InChI is InChI=1S/C19H23N3O3/c1-24-17-6-2-4-13-10-15(12-25-18(13)17)19(23)22-9-3-5-14(11-22)16-7-8-20-21-16/h2,4,6-8,14-15H,3,5,9-12H2,1H3,(H,20,21)/t14-,15+/m0/s1. The van der Waals surface area contributed by atoms with Gasteiger partial charge in [0.1, 0.15) is 6.61 Å². The van der Waals surface area contributed by atoms with E-state index in [-0.39, 0.29) is 11.8 Å². The number of likely N-dealkylation sites (tertiary alicyclic amines) is 1. The van der Waals surface area contributed by atoms with Gasteiger partial charge in [0.2, 0.25) is 5.91 Å². The lowest BCUT2D eigenvalue weighted by Crippen LogP contribution is -2.45. The van der Waals surface area contributed by atoms with Crippen molar-refractivity contribution in [3.05, 3.63) is 41.7 Å². The van der Waals surface area contributed by atoms with Crippen molar-refractivity contribution in [1.82, 2.24) is 15.1 Å². The fraction of sp³-hybridized carbons (Fsp3) is 0.474. The first-order chi connectivity index (χ1) is 12.3. The number of carbonyl (C=O) groups is 1. The Morgan fingerprint density at radius 3 is 3.12 bits per heavy atom. The molecule has 0 bridgehead atoms. The average Bonchev–Trinajstić information content (AvgIpc) is 3.21. The molecule has 0 unspecified atom stereocenters. The van der Waals surface area contributed by atoms with Crippen LogP contribution in [0.25, 0.3) is 0 Å². The molecule has 2 aromatic rings. The van der Waals surface area contributed by atoms with E-state index in [4.69, 9.17) is 9.47 Å². The maximum absolute atomic E-state index is 13.0. The number of nitrogens with one attached hydrogen (secondary N) is 1. The predicted octanol–water partition coefficient (Wildman–Crippen LogP) is 2.38. The first-order valence-corrected chi connectivity index (χ1v) is 8.83. The van der Waals surface area contributed by atoms with Crippen LogP contribution in [0.15, 0.2) is 30.5 Å². The van der Waals surface area contributed by atoms with Gasteiger partial charge in [-0.2, -0.15) is 5.10 Å². The highest BCUT2D eigenvalue weighted by Crippen LogP contribution is 2.37. The van der Waals surface area contributed by atoms with Crippen molar-refractivity contribution in [1.29, 1.82) is 0 Å². The molecule has 6 heteroatoms. The third kappa shape index (κ3) is 3.08. The number of piperidine rings is 1. The summed E-state index contributed by atoms with van der Waals surface area (Å²) in [6.45, 7) is 1.99. The summed E-state index contributed by atoms with van der Waals surface area (Å²) in [6.07, 6.45) is 4.59. The summed E-state index contributed by atoms with van der Waals surface area (Å²) in [7, 11) is 1.64. The summed E-state index contributed by atoms with van der Waals surface area (Å²) < 4.78 is 11.2. The second-order valence-electron chi connectivity index (χ2n) is 6.80. The third-order valence-electron chi connectivity index (χ3n) is 5.22. The highest BCUT2D eigenvalue weighted by Gasteiger charge is 2.33. The number of methoxy groups -OCH3 is 1. The minimum Gasteiger partial charge on any atom is -0.493 e. The Labute approximate surface area is 147 Å². The minimum atomic E-state index is -0.125. The van der Waals surface area contributed by atoms with Crippen molar-refractivity contribution in [2.75, 3.05) is 26.8 Å². The number of nitrogens with zero attached hydrogens (tertiary/aromatic N) is 2. The predicted molar refractivity (Wildman–Crippen MR) is 92.8 cm³/mol. The van der Waals surface area contributed by atoms with Crippen molar-refractivity contribution in [3.8, 4) is 11.5 Å². The van der Waals surface area contributed by atoms with E-state index in [2.05, 4.69) is 10.2 Å². The van der Waals surface area contributed by atoms with Crippen molar-refractivity contribution < 1.29 is 14.3 Å². The van der Waals surface area contributed by atoms with Crippen molar-refractivity contribution in [2.45, 2.75) is 25.2 Å². The van der Waals surface area contributed by atoms with Crippen molar-refractivity contribution >= 4 is 5.91 Å². The number of benzene rings is 1. The zero-order chi connectivity index (χ0) is 17.2. The second kappa shape index (κ2) is 6.78. The number of H-pyrrole nitrogens is 1. The van der Waals surface area contributed by atoms with Gasteiger partial charge in [0.05, 0.1) is 13.0 Å². The molecule has 2 aliphatic heterocycles. The molecule has 1 N–H and O–H groups in total. The van der Waals surface area contributed by atoms with Crippen LogP contribution in [0.3, 0.4) is 0 Å². The number of hydrogen-bond donors (Lipinski definition) is 1. The van der Waals surface area contributed by atoms with Crippen LogP contribution in [0.2, 0.25) is 0 Å². The van der Waals surface area contributed by atoms with Gasteiger partial charge in [-0.15, -0.1) is 0 Å². The topological polar surface area (TPSA) is 67.5 Å².